The van der Waals surface area contributed by atoms with Crippen molar-refractivity contribution < 1.29 is 14.0 Å². The van der Waals surface area contributed by atoms with E-state index in [1.165, 1.54) is 25.7 Å². The van der Waals surface area contributed by atoms with Crippen molar-refractivity contribution in [3.63, 3.8) is 0 Å². The Hall–Kier alpha value is -1.78. The highest BCUT2D eigenvalue weighted by Gasteiger charge is 2.40. The fourth-order valence-electron chi connectivity index (χ4n) is 3.78. The van der Waals surface area contributed by atoms with Gasteiger partial charge in [-0.05, 0) is 49.1 Å². The monoisotopic (exact) mass is 290 g/mol. The molecule has 0 spiro atoms. The lowest BCUT2D eigenvalue weighted by Gasteiger charge is -2.20. The van der Waals surface area contributed by atoms with E-state index >= 15 is 0 Å². The molecule has 1 aromatic heterocycles. The third kappa shape index (κ3) is 3.65. The zero-order chi connectivity index (χ0) is 14.7. The van der Waals surface area contributed by atoms with Gasteiger partial charge in [-0.25, -0.2) is 0 Å². The average Bonchev–Trinajstić information content (AvgIpc) is 3.20. The standard InChI is InChI=1S/C16H22N2O3/c19-15(8-13-7-11-3-4-12(13)6-11)18-10-16(20)17-9-14-2-1-5-21-14/h1-2,5,11-13H,3-4,6-10H2,(H,17,20)(H,18,19)/t11-,12-,13-/m1/s1. The molecule has 0 saturated heterocycles. The summed E-state index contributed by atoms with van der Waals surface area (Å²) < 4.78 is 5.12. The van der Waals surface area contributed by atoms with Gasteiger partial charge in [0.1, 0.15) is 5.76 Å². The second kappa shape index (κ2) is 6.33. The maximum atomic E-state index is 11.9. The summed E-state index contributed by atoms with van der Waals surface area (Å²) in [4.78, 5) is 23.5. The second-order valence-corrected chi connectivity index (χ2v) is 6.27. The van der Waals surface area contributed by atoms with Crippen LogP contribution < -0.4 is 10.6 Å². The van der Waals surface area contributed by atoms with Crippen molar-refractivity contribution >= 4 is 11.8 Å². The molecule has 0 unspecified atom stereocenters. The summed E-state index contributed by atoms with van der Waals surface area (Å²) in [6, 6.07) is 3.58. The summed E-state index contributed by atoms with van der Waals surface area (Å²) in [6.45, 7) is 0.397. The van der Waals surface area contributed by atoms with Crippen LogP contribution in [0.4, 0.5) is 0 Å². The molecular weight excluding hydrogens is 268 g/mol. The van der Waals surface area contributed by atoms with Crippen molar-refractivity contribution in [2.75, 3.05) is 6.54 Å². The quantitative estimate of drug-likeness (QED) is 0.839. The lowest BCUT2D eigenvalue weighted by molar-refractivity contribution is -0.127. The molecule has 3 rings (SSSR count). The molecule has 1 aromatic rings. The Labute approximate surface area is 124 Å². The molecule has 1 heterocycles. The molecule has 0 radical (unpaired) electrons. The lowest BCUT2D eigenvalue weighted by Crippen LogP contribution is -2.37. The van der Waals surface area contributed by atoms with Crippen molar-refractivity contribution in [1.82, 2.24) is 10.6 Å². The molecule has 2 saturated carbocycles. The molecule has 5 nitrogen and oxygen atoms in total. The van der Waals surface area contributed by atoms with Crippen LogP contribution in [0, 0.1) is 17.8 Å². The Balaban J connectivity index is 1.33. The average molecular weight is 290 g/mol. The van der Waals surface area contributed by atoms with E-state index in [-0.39, 0.29) is 18.4 Å². The predicted molar refractivity (Wildman–Crippen MR) is 77.1 cm³/mol. The van der Waals surface area contributed by atoms with Gasteiger partial charge in [0.05, 0.1) is 19.4 Å². The van der Waals surface area contributed by atoms with Crippen LogP contribution in [-0.4, -0.2) is 18.4 Å². The highest BCUT2D eigenvalue weighted by Crippen LogP contribution is 2.49. The van der Waals surface area contributed by atoms with Gasteiger partial charge in [-0.1, -0.05) is 6.42 Å². The minimum absolute atomic E-state index is 0.000647. The van der Waals surface area contributed by atoms with Gasteiger partial charge in [-0.2, -0.15) is 0 Å². The molecule has 114 valence electrons. The summed E-state index contributed by atoms with van der Waals surface area (Å²) in [6.07, 6.45) is 7.28. The van der Waals surface area contributed by atoms with Gasteiger partial charge in [0.25, 0.3) is 0 Å². The molecule has 5 heteroatoms. The topological polar surface area (TPSA) is 71.3 Å². The van der Waals surface area contributed by atoms with Crippen LogP contribution >= 0.6 is 0 Å². The maximum Gasteiger partial charge on any atom is 0.239 e. The van der Waals surface area contributed by atoms with E-state index in [9.17, 15) is 9.59 Å². The first kappa shape index (κ1) is 14.2. The molecule has 21 heavy (non-hydrogen) atoms. The van der Waals surface area contributed by atoms with E-state index in [1.54, 1.807) is 18.4 Å². The van der Waals surface area contributed by atoms with Crippen LogP contribution in [-0.2, 0) is 16.1 Å². The Bertz CT molecular complexity index is 498. The lowest BCUT2D eigenvalue weighted by atomic mass is 9.86. The minimum atomic E-state index is -0.187. The van der Waals surface area contributed by atoms with Gasteiger partial charge < -0.3 is 15.1 Å². The Morgan fingerprint density at radius 3 is 2.76 bits per heavy atom. The summed E-state index contributed by atoms with van der Waals surface area (Å²) >= 11 is 0. The number of carbonyl (C=O) groups is 2. The maximum absolute atomic E-state index is 11.9. The SMILES string of the molecule is O=C(CNC(=O)C[C@H]1C[C@@H]2CC[C@@H]1C2)NCc1ccco1. The molecule has 2 aliphatic rings. The van der Waals surface area contributed by atoms with Gasteiger partial charge >= 0.3 is 0 Å². The first-order chi connectivity index (χ1) is 10.2. The number of rotatable bonds is 6. The van der Waals surface area contributed by atoms with E-state index in [1.807, 2.05) is 0 Å². The minimum Gasteiger partial charge on any atom is -0.467 e. The van der Waals surface area contributed by atoms with Gasteiger partial charge in [-0.3, -0.25) is 9.59 Å². The normalized spacial score (nSPS) is 26.8. The summed E-state index contributed by atoms with van der Waals surface area (Å²) in [5, 5.41) is 5.43. The highest BCUT2D eigenvalue weighted by atomic mass is 16.3. The van der Waals surface area contributed by atoms with Gasteiger partial charge in [0.15, 0.2) is 0 Å². The fourth-order valence-corrected chi connectivity index (χ4v) is 3.78. The molecular formula is C16H22N2O3. The zero-order valence-corrected chi connectivity index (χ0v) is 12.1. The van der Waals surface area contributed by atoms with E-state index < -0.39 is 0 Å². The van der Waals surface area contributed by atoms with Crippen LogP contribution in [0.3, 0.4) is 0 Å². The van der Waals surface area contributed by atoms with Crippen LogP contribution in [0.15, 0.2) is 22.8 Å². The molecule has 2 amide bonds. The first-order valence-electron chi connectivity index (χ1n) is 7.76. The number of carbonyl (C=O) groups excluding carboxylic acids is 2. The number of furan rings is 1. The van der Waals surface area contributed by atoms with E-state index in [2.05, 4.69) is 10.6 Å². The Morgan fingerprint density at radius 1 is 1.19 bits per heavy atom. The van der Waals surface area contributed by atoms with E-state index in [0.717, 1.165) is 11.8 Å². The Morgan fingerprint density at radius 2 is 2.10 bits per heavy atom. The number of hydrogen-bond donors (Lipinski definition) is 2. The summed E-state index contributed by atoms with van der Waals surface area (Å²) in [5.41, 5.74) is 0. The summed E-state index contributed by atoms with van der Waals surface area (Å²) in [5.74, 6) is 2.65. The molecule has 2 fully saturated rings. The van der Waals surface area contributed by atoms with E-state index in [0.29, 0.717) is 24.6 Å². The summed E-state index contributed by atoms with van der Waals surface area (Å²) in [7, 11) is 0. The zero-order valence-electron chi connectivity index (χ0n) is 12.1. The number of hydrogen-bond acceptors (Lipinski definition) is 3. The molecule has 3 atom stereocenters. The fraction of sp³-hybridized carbons (Fsp3) is 0.625. The molecule has 0 aromatic carbocycles. The van der Waals surface area contributed by atoms with Crippen molar-refractivity contribution in [1.29, 1.82) is 0 Å². The van der Waals surface area contributed by atoms with Crippen molar-refractivity contribution in [3.05, 3.63) is 24.2 Å². The smallest absolute Gasteiger partial charge is 0.239 e. The first-order valence-corrected chi connectivity index (χ1v) is 7.76. The number of nitrogens with one attached hydrogen (secondary N) is 2. The molecule has 2 bridgehead atoms. The third-order valence-corrected chi connectivity index (χ3v) is 4.82. The highest BCUT2D eigenvalue weighted by molar-refractivity contribution is 5.84. The van der Waals surface area contributed by atoms with Crippen LogP contribution in [0.2, 0.25) is 0 Å². The third-order valence-electron chi connectivity index (χ3n) is 4.82. The van der Waals surface area contributed by atoms with Gasteiger partial charge in [-0.15, -0.1) is 0 Å². The van der Waals surface area contributed by atoms with Gasteiger partial charge in [0, 0.05) is 6.42 Å². The van der Waals surface area contributed by atoms with Crippen LogP contribution in [0.25, 0.3) is 0 Å². The number of fused-ring (bicyclic) bond motifs is 2. The number of amides is 2. The van der Waals surface area contributed by atoms with Crippen molar-refractivity contribution in [3.8, 4) is 0 Å². The molecule has 0 aliphatic heterocycles. The van der Waals surface area contributed by atoms with Crippen LogP contribution in [0.5, 0.6) is 0 Å². The molecule has 2 aliphatic carbocycles. The van der Waals surface area contributed by atoms with Crippen LogP contribution in [0.1, 0.15) is 37.9 Å². The van der Waals surface area contributed by atoms with Crippen molar-refractivity contribution in [2.45, 2.75) is 38.6 Å². The van der Waals surface area contributed by atoms with Gasteiger partial charge in [0.2, 0.25) is 11.8 Å². The molecule has 2 N–H and O–H groups in total. The largest absolute Gasteiger partial charge is 0.467 e. The Kier molecular flexibility index (Phi) is 4.27. The van der Waals surface area contributed by atoms with Crippen molar-refractivity contribution in [2.24, 2.45) is 17.8 Å². The second-order valence-electron chi connectivity index (χ2n) is 6.27. The predicted octanol–water partition coefficient (Wildman–Crippen LogP) is 1.84. The van der Waals surface area contributed by atoms with E-state index in [4.69, 9.17) is 4.42 Å².